The van der Waals surface area contributed by atoms with Gasteiger partial charge in [0, 0.05) is 4.47 Å². The average molecular weight is 399 g/mol. The molecule has 2 nitrogen and oxygen atoms in total. The fourth-order valence-corrected chi connectivity index (χ4v) is 2.99. The molecule has 0 spiro atoms. The molecule has 0 heterocycles. The van der Waals surface area contributed by atoms with E-state index < -0.39 is 0 Å². The van der Waals surface area contributed by atoms with Crippen LogP contribution in [0.25, 0.3) is 0 Å². The smallest absolute Gasteiger partial charge is 0.134 e. The number of halogens is 2. The van der Waals surface area contributed by atoms with Crippen molar-refractivity contribution in [3.63, 3.8) is 0 Å². The number of ether oxygens (including phenoxy) is 1. The molecular formula is C16H17Br2NO. The lowest BCUT2D eigenvalue weighted by Gasteiger charge is -2.09. The summed E-state index contributed by atoms with van der Waals surface area (Å²) in [5.74, 6) is 0.854. The minimum absolute atomic E-state index is 0.576. The lowest BCUT2D eigenvalue weighted by molar-refractivity contribution is 0.304. The zero-order valence-electron chi connectivity index (χ0n) is 11.3. The van der Waals surface area contributed by atoms with Crippen LogP contribution in [0, 0.1) is 0 Å². The second kappa shape index (κ2) is 7.81. The number of hydrogen-bond acceptors (Lipinski definition) is 2. The molecule has 0 saturated heterocycles. The molecule has 0 amide bonds. The van der Waals surface area contributed by atoms with Crippen molar-refractivity contribution in [3.8, 4) is 5.75 Å². The largest absolute Gasteiger partial charge is 0.488 e. The second-order valence-electron chi connectivity index (χ2n) is 4.53. The summed E-state index contributed by atoms with van der Waals surface area (Å²) in [6, 6.07) is 14.5. The zero-order valence-corrected chi connectivity index (χ0v) is 14.5. The summed E-state index contributed by atoms with van der Waals surface area (Å²) in [5.41, 5.74) is 2.51. The van der Waals surface area contributed by atoms with Crippen molar-refractivity contribution in [1.29, 1.82) is 0 Å². The van der Waals surface area contributed by atoms with Gasteiger partial charge in [0.05, 0.1) is 4.47 Å². The molecule has 106 valence electrons. The van der Waals surface area contributed by atoms with Crippen LogP contribution in [0.5, 0.6) is 5.75 Å². The molecule has 0 radical (unpaired) electrons. The van der Waals surface area contributed by atoms with Crippen molar-refractivity contribution < 1.29 is 4.74 Å². The third-order valence-corrected chi connectivity index (χ3v) is 4.09. The van der Waals surface area contributed by atoms with Crippen molar-refractivity contribution in [3.05, 3.63) is 62.5 Å². The molecule has 1 N–H and O–H groups in total. The normalized spacial score (nSPS) is 10.6. The maximum absolute atomic E-state index is 5.82. The van der Waals surface area contributed by atoms with Crippen molar-refractivity contribution in [2.45, 2.75) is 13.0 Å². The van der Waals surface area contributed by atoms with E-state index in [1.165, 1.54) is 11.1 Å². The van der Waals surface area contributed by atoms with Gasteiger partial charge in [0.15, 0.2) is 0 Å². The molecule has 0 unspecified atom stereocenters. The summed E-state index contributed by atoms with van der Waals surface area (Å²) >= 11 is 6.93. The molecular weight excluding hydrogens is 382 g/mol. The van der Waals surface area contributed by atoms with Gasteiger partial charge in [-0.15, -0.1) is 0 Å². The number of benzene rings is 2. The van der Waals surface area contributed by atoms with E-state index in [1.807, 2.05) is 25.2 Å². The van der Waals surface area contributed by atoms with Gasteiger partial charge >= 0.3 is 0 Å². The van der Waals surface area contributed by atoms with Crippen LogP contribution >= 0.6 is 31.9 Å². The molecule has 0 atom stereocenters. The summed E-state index contributed by atoms with van der Waals surface area (Å²) in [6.07, 6.45) is 1.05. The Bertz CT molecular complexity index is 555. The molecule has 0 aromatic heterocycles. The molecule has 0 bridgehead atoms. The minimum atomic E-state index is 0.576. The lowest BCUT2D eigenvalue weighted by atomic mass is 10.1. The first kappa shape index (κ1) is 15.5. The Hall–Kier alpha value is -0.840. The van der Waals surface area contributed by atoms with Gasteiger partial charge in [-0.1, -0.05) is 40.2 Å². The Morgan fingerprint density at radius 1 is 1.00 bits per heavy atom. The third kappa shape index (κ3) is 4.62. The van der Waals surface area contributed by atoms with Crippen molar-refractivity contribution in [1.82, 2.24) is 5.32 Å². The summed E-state index contributed by atoms with van der Waals surface area (Å²) < 4.78 is 7.81. The van der Waals surface area contributed by atoms with Crippen LogP contribution < -0.4 is 10.1 Å². The van der Waals surface area contributed by atoms with Gasteiger partial charge < -0.3 is 10.1 Å². The van der Waals surface area contributed by atoms with Crippen LogP contribution in [0.2, 0.25) is 0 Å². The van der Waals surface area contributed by atoms with Gasteiger partial charge in [-0.3, -0.25) is 0 Å². The van der Waals surface area contributed by atoms with Crippen LogP contribution in [0.3, 0.4) is 0 Å². The van der Waals surface area contributed by atoms with Crippen molar-refractivity contribution in [2.75, 3.05) is 13.6 Å². The predicted molar refractivity (Wildman–Crippen MR) is 90.2 cm³/mol. The summed E-state index contributed by atoms with van der Waals surface area (Å²) in [6.45, 7) is 1.58. The van der Waals surface area contributed by atoms with Gasteiger partial charge in [-0.2, -0.15) is 0 Å². The van der Waals surface area contributed by atoms with E-state index in [-0.39, 0.29) is 0 Å². The Balaban J connectivity index is 1.93. The minimum Gasteiger partial charge on any atom is -0.488 e. The molecule has 2 aromatic carbocycles. The fraction of sp³-hybridized carbons (Fsp3) is 0.250. The van der Waals surface area contributed by atoms with E-state index in [9.17, 15) is 0 Å². The van der Waals surface area contributed by atoms with Crippen molar-refractivity contribution in [2.24, 2.45) is 0 Å². The van der Waals surface area contributed by atoms with E-state index in [0.29, 0.717) is 6.61 Å². The third-order valence-electron chi connectivity index (χ3n) is 2.97. The molecule has 2 rings (SSSR count). The first-order valence-corrected chi connectivity index (χ1v) is 8.08. The Morgan fingerprint density at radius 2 is 1.70 bits per heavy atom. The number of hydrogen-bond donors (Lipinski definition) is 1. The highest BCUT2D eigenvalue weighted by Gasteiger charge is 2.02. The first-order chi connectivity index (χ1) is 9.69. The number of likely N-dealkylation sites (N-methyl/N-ethyl adjacent to an activating group) is 1. The van der Waals surface area contributed by atoms with Crippen LogP contribution in [0.15, 0.2) is 51.4 Å². The standard InChI is InChI=1S/C16H17Br2NO/c1-19-9-8-12-2-4-13(5-3-12)11-20-16-7-6-14(17)10-15(16)18/h2-7,10,19H,8-9,11H2,1H3. The molecule has 4 heteroatoms. The molecule has 0 fully saturated rings. The van der Waals surface area contributed by atoms with Gasteiger partial charge in [0.1, 0.15) is 12.4 Å². The van der Waals surface area contributed by atoms with Crippen LogP contribution in [0.4, 0.5) is 0 Å². The summed E-state index contributed by atoms with van der Waals surface area (Å²) in [5, 5.41) is 3.15. The average Bonchev–Trinajstić information content (AvgIpc) is 2.45. The van der Waals surface area contributed by atoms with E-state index in [2.05, 4.69) is 61.4 Å². The van der Waals surface area contributed by atoms with Crippen molar-refractivity contribution >= 4 is 31.9 Å². The van der Waals surface area contributed by atoms with Gasteiger partial charge in [0.2, 0.25) is 0 Å². The second-order valence-corrected chi connectivity index (χ2v) is 6.30. The first-order valence-electron chi connectivity index (χ1n) is 6.49. The highest BCUT2D eigenvalue weighted by Crippen LogP contribution is 2.28. The van der Waals surface area contributed by atoms with Gasteiger partial charge in [-0.25, -0.2) is 0 Å². The van der Waals surface area contributed by atoms with E-state index >= 15 is 0 Å². The monoisotopic (exact) mass is 397 g/mol. The molecule has 0 aliphatic carbocycles. The quantitative estimate of drug-likeness (QED) is 0.770. The highest BCUT2D eigenvalue weighted by atomic mass is 79.9. The summed E-state index contributed by atoms with van der Waals surface area (Å²) in [7, 11) is 1.97. The fourth-order valence-electron chi connectivity index (χ4n) is 1.82. The van der Waals surface area contributed by atoms with Crippen LogP contribution in [-0.2, 0) is 13.0 Å². The van der Waals surface area contributed by atoms with E-state index in [1.54, 1.807) is 0 Å². The van der Waals surface area contributed by atoms with E-state index in [0.717, 1.165) is 27.7 Å². The molecule has 2 aromatic rings. The molecule has 0 aliphatic rings. The highest BCUT2D eigenvalue weighted by molar-refractivity contribution is 9.11. The van der Waals surface area contributed by atoms with Crippen LogP contribution in [0.1, 0.15) is 11.1 Å². The maximum Gasteiger partial charge on any atom is 0.134 e. The molecule has 0 aliphatic heterocycles. The molecule has 0 saturated carbocycles. The Morgan fingerprint density at radius 3 is 2.35 bits per heavy atom. The van der Waals surface area contributed by atoms with Crippen LogP contribution in [-0.4, -0.2) is 13.6 Å². The summed E-state index contributed by atoms with van der Waals surface area (Å²) in [4.78, 5) is 0. The zero-order chi connectivity index (χ0) is 14.4. The number of nitrogens with one attached hydrogen (secondary N) is 1. The van der Waals surface area contributed by atoms with Gasteiger partial charge in [-0.05, 0) is 65.3 Å². The molecule has 20 heavy (non-hydrogen) atoms. The Kier molecular flexibility index (Phi) is 6.07. The van der Waals surface area contributed by atoms with Gasteiger partial charge in [0.25, 0.3) is 0 Å². The Labute approximate surface area is 136 Å². The topological polar surface area (TPSA) is 21.3 Å². The SMILES string of the molecule is CNCCc1ccc(COc2ccc(Br)cc2Br)cc1. The predicted octanol–water partition coefficient (Wildman–Crippen LogP) is 4.55. The maximum atomic E-state index is 5.82. The van der Waals surface area contributed by atoms with E-state index in [4.69, 9.17) is 4.74 Å². The number of rotatable bonds is 6. The lowest BCUT2D eigenvalue weighted by Crippen LogP contribution is -2.10.